The molecule has 0 saturated heterocycles. The Morgan fingerprint density at radius 2 is 2.21 bits per heavy atom. The summed E-state index contributed by atoms with van der Waals surface area (Å²) in [5, 5.41) is 10.4. The number of benzene rings is 1. The third-order valence-electron chi connectivity index (χ3n) is 1.38. The number of nitrogens with zero attached hydrogens (tertiary/aromatic N) is 1. The van der Waals surface area contributed by atoms with E-state index in [9.17, 15) is 14.9 Å². The Balaban J connectivity index is 3.01. The van der Waals surface area contributed by atoms with E-state index in [2.05, 4.69) is 15.9 Å². The van der Waals surface area contributed by atoms with Crippen LogP contribution in [0.4, 0.5) is 5.69 Å². The van der Waals surface area contributed by atoms with Crippen LogP contribution in [0.25, 0.3) is 0 Å². The zero-order valence-corrected chi connectivity index (χ0v) is 8.78. The number of nitro benzene ring substituents is 1. The van der Waals surface area contributed by atoms with Crippen molar-refractivity contribution in [3.05, 3.63) is 32.8 Å². The quantitative estimate of drug-likeness (QED) is 0.354. The highest BCUT2D eigenvalue weighted by Gasteiger charge is 2.10. The van der Waals surface area contributed by atoms with Crippen molar-refractivity contribution in [3.63, 3.8) is 0 Å². The van der Waals surface area contributed by atoms with Crippen molar-refractivity contribution in [3.8, 4) is 5.75 Å². The third-order valence-corrected chi connectivity index (χ3v) is 2.00. The first-order valence-corrected chi connectivity index (χ1v) is 4.42. The lowest BCUT2D eigenvalue weighted by Gasteiger charge is -2.02. The summed E-state index contributed by atoms with van der Waals surface area (Å²) in [6.45, 7) is 1.26. The molecule has 74 valence electrons. The van der Waals surface area contributed by atoms with Gasteiger partial charge < -0.3 is 4.74 Å². The molecule has 1 rings (SSSR count). The summed E-state index contributed by atoms with van der Waals surface area (Å²) >= 11 is 3.06. The lowest BCUT2D eigenvalue weighted by Crippen LogP contribution is -2.02. The van der Waals surface area contributed by atoms with Crippen LogP contribution in [-0.2, 0) is 4.79 Å². The van der Waals surface area contributed by atoms with E-state index in [1.54, 1.807) is 0 Å². The first-order chi connectivity index (χ1) is 6.50. The second kappa shape index (κ2) is 4.19. The summed E-state index contributed by atoms with van der Waals surface area (Å²) in [6.07, 6.45) is 0. The topological polar surface area (TPSA) is 69.4 Å². The zero-order chi connectivity index (χ0) is 10.7. The van der Waals surface area contributed by atoms with Crippen LogP contribution in [0.2, 0.25) is 0 Å². The fourth-order valence-corrected chi connectivity index (χ4v) is 1.29. The van der Waals surface area contributed by atoms with E-state index >= 15 is 0 Å². The van der Waals surface area contributed by atoms with Crippen LogP contribution in [0.1, 0.15) is 6.92 Å². The molecule has 0 atom stereocenters. The highest BCUT2D eigenvalue weighted by Crippen LogP contribution is 2.28. The first-order valence-electron chi connectivity index (χ1n) is 3.63. The lowest BCUT2D eigenvalue weighted by molar-refractivity contribution is -0.384. The third kappa shape index (κ3) is 2.53. The first kappa shape index (κ1) is 10.6. The zero-order valence-electron chi connectivity index (χ0n) is 7.19. The van der Waals surface area contributed by atoms with Gasteiger partial charge in [-0.3, -0.25) is 14.9 Å². The van der Waals surface area contributed by atoms with Gasteiger partial charge in [0.15, 0.2) is 0 Å². The molecule has 1 aromatic rings. The fraction of sp³-hybridized carbons (Fsp3) is 0.125. The Morgan fingerprint density at radius 1 is 1.57 bits per heavy atom. The standard InChI is InChI=1S/C8H6BrNO4/c1-5(11)14-8-3-2-6(10(12)13)4-7(8)9/h2-4H,1H3. The minimum absolute atomic E-state index is 0.0622. The number of carbonyl (C=O) groups is 1. The van der Waals surface area contributed by atoms with Gasteiger partial charge in [-0.1, -0.05) is 0 Å². The van der Waals surface area contributed by atoms with Gasteiger partial charge in [-0.05, 0) is 22.0 Å². The Kier molecular flexibility index (Phi) is 3.19. The van der Waals surface area contributed by atoms with Crippen LogP contribution in [-0.4, -0.2) is 10.9 Å². The van der Waals surface area contributed by atoms with Crippen molar-refractivity contribution in [1.82, 2.24) is 0 Å². The second-order valence-electron chi connectivity index (χ2n) is 2.47. The summed E-state index contributed by atoms with van der Waals surface area (Å²) in [7, 11) is 0. The summed E-state index contributed by atoms with van der Waals surface area (Å²) in [5.41, 5.74) is -0.0622. The van der Waals surface area contributed by atoms with Crippen LogP contribution in [0, 0.1) is 10.1 Å². The number of hydrogen-bond acceptors (Lipinski definition) is 4. The molecule has 0 amide bonds. The average Bonchev–Trinajstić information content (AvgIpc) is 2.07. The van der Waals surface area contributed by atoms with Crippen molar-refractivity contribution in [1.29, 1.82) is 0 Å². The molecule has 0 aromatic heterocycles. The maximum Gasteiger partial charge on any atom is 0.308 e. The molecule has 6 heteroatoms. The summed E-state index contributed by atoms with van der Waals surface area (Å²) in [4.78, 5) is 20.4. The van der Waals surface area contributed by atoms with Crippen molar-refractivity contribution >= 4 is 27.6 Å². The largest absolute Gasteiger partial charge is 0.426 e. The molecule has 0 bridgehead atoms. The van der Waals surface area contributed by atoms with Gasteiger partial charge in [-0.25, -0.2) is 0 Å². The fourth-order valence-electron chi connectivity index (χ4n) is 0.841. The molecule has 14 heavy (non-hydrogen) atoms. The van der Waals surface area contributed by atoms with Gasteiger partial charge >= 0.3 is 5.97 Å². The van der Waals surface area contributed by atoms with E-state index in [1.165, 1.54) is 25.1 Å². The van der Waals surface area contributed by atoms with Gasteiger partial charge in [0.2, 0.25) is 0 Å². The van der Waals surface area contributed by atoms with E-state index < -0.39 is 10.9 Å². The number of esters is 1. The molecule has 1 aromatic carbocycles. The molecule has 0 fully saturated rings. The Labute approximate surface area is 88.0 Å². The van der Waals surface area contributed by atoms with Gasteiger partial charge in [-0.2, -0.15) is 0 Å². The normalized spacial score (nSPS) is 9.57. The van der Waals surface area contributed by atoms with E-state index in [4.69, 9.17) is 4.74 Å². The van der Waals surface area contributed by atoms with Gasteiger partial charge in [0, 0.05) is 19.1 Å². The SMILES string of the molecule is CC(=O)Oc1ccc([N+](=O)[O-])cc1Br. The molecule has 0 aliphatic rings. The second-order valence-corrected chi connectivity index (χ2v) is 3.32. The van der Waals surface area contributed by atoms with Crippen LogP contribution < -0.4 is 4.74 Å². The molecular weight excluding hydrogens is 254 g/mol. The molecule has 5 nitrogen and oxygen atoms in total. The van der Waals surface area contributed by atoms with Crippen LogP contribution in [0.5, 0.6) is 5.75 Å². The number of hydrogen-bond donors (Lipinski definition) is 0. The summed E-state index contributed by atoms with van der Waals surface area (Å²) in [5.74, 6) is -0.206. The predicted octanol–water partition coefficient (Wildman–Crippen LogP) is 2.28. The Morgan fingerprint density at radius 3 is 2.64 bits per heavy atom. The van der Waals surface area contributed by atoms with Gasteiger partial charge in [0.25, 0.3) is 5.69 Å². The van der Waals surface area contributed by atoms with E-state index in [-0.39, 0.29) is 11.4 Å². The molecular formula is C8H6BrNO4. The van der Waals surface area contributed by atoms with E-state index in [0.29, 0.717) is 4.47 Å². The van der Waals surface area contributed by atoms with Gasteiger partial charge in [0.1, 0.15) is 5.75 Å². The van der Waals surface area contributed by atoms with E-state index in [0.717, 1.165) is 0 Å². The minimum Gasteiger partial charge on any atom is -0.426 e. The summed E-state index contributed by atoms with van der Waals surface area (Å²) < 4.78 is 5.15. The van der Waals surface area contributed by atoms with Gasteiger partial charge in [0.05, 0.1) is 9.40 Å². The molecule has 0 heterocycles. The average molecular weight is 260 g/mol. The van der Waals surface area contributed by atoms with Gasteiger partial charge in [-0.15, -0.1) is 0 Å². The molecule has 0 aliphatic carbocycles. The molecule has 0 saturated carbocycles. The lowest BCUT2D eigenvalue weighted by atomic mass is 10.3. The highest BCUT2D eigenvalue weighted by molar-refractivity contribution is 9.10. The van der Waals surface area contributed by atoms with Crippen LogP contribution in [0.3, 0.4) is 0 Å². The Bertz CT molecular complexity index is 391. The minimum atomic E-state index is -0.525. The number of halogens is 1. The molecule has 0 aliphatic heterocycles. The number of nitro groups is 1. The molecule has 0 spiro atoms. The van der Waals surface area contributed by atoms with Crippen molar-refractivity contribution < 1.29 is 14.5 Å². The molecule has 0 radical (unpaired) electrons. The van der Waals surface area contributed by atoms with Crippen LogP contribution in [0.15, 0.2) is 22.7 Å². The number of rotatable bonds is 2. The Hall–Kier alpha value is -1.43. The van der Waals surface area contributed by atoms with Crippen molar-refractivity contribution in [2.24, 2.45) is 0 Å². The van der Waals surface area contributed by atoms with E-state index in [1.807, 2.05) is 0 Å². The summed E-state index contributed by atoms with van der Waals surface area (Å²) in [6, 6.07) is 3.91. The van der Waals surface area contributed by atoms with Crippen molar-refractivity contribution in [2.45, 2.75) is 6.92 Å². The monoisotopic (exact) mass is 259 g/mol. The number of non-ortho nitro benzene ring substituents is 1. The van der Waals surface area contributed by atoms with Crippen LogP contribution >= 0.6 is 15.9 Å². The number of ether oxygens (including phenoxy) is 1. The molecule has 0 N–H and O–H groups in total. The number of carbonyl (C=O) groups excluding carboxylic acids is 1. The maximum atomic E-state index is 10.6. The highest BCUT2D eigenvalue weighted by atomic mass is 79.9. The molecule has 0 unspecified atom stereocenters. The maximum absolute atomic E-state index is 10.6. The van der Waals surface area contributed by atoms with Crippen molar-refractivity contribution in [2.75, 3.05) is 0 Å². The predicted molar refractivity (Wildman–Crippen MR) is 52.1 cm³/mol. The smallest absolute Gasteiger partial charge is 0.308 e.